The molecule has 0 radical (unpaired) electrons. The second-order valence-corrected chi connectivity index (χ2v) is 4.90. The highest BCUT2D eigenvalue weighted by atomic mass is 19.1. The van der Waals surface area contributed by atoms with Crippen LogP contribution in [0, 0.1) is 5.82 Å². The number of pyridine rings is 2. The van der Waals surface area contributed by atoms with Crippen molar-refractivity contribution in [2.45, 2.75) is 18.9 Å². The van der Waals surface area contributed by atoms with Crippen molar-refractivity contribution in [3.63, 3.8) is 0 Å². The first-order valence-electron chi connectivity index (χ1n) is 6.84. The van der Waals surface area contributed by atoms with Gasteiger partial charge in [-0.15, -0.1) is 0 Å². The highest BCUT2D eigenvalue weighted by Crippen LogP contribution is 2.31. The fourth-order valence-electron chi connectivity index (χ4n) is 2.59. The summed E-state index contributed by atoms with van der Waals surface area (Å²) in [6.45, 7) is 0.646. The molecule has 1 atom stereocenters. The summed E-state index contributed by atoms with van der Waals surface area (Å²) in [5.41, 5.74) is 1.04. The number of carbonyl (C=O) groups is 1. The molecule has 0 aliphatic carbocycles. The molecule has 1 fully saturated rings. The zero-order chi connectivity index (χ0) is 14.7. The average molecular weight is 286 g/mol. The molecule has 1 aliphatic heterocycles. The van der Waals surface area contributed by atoms with E-state index in [9.17, 15) is 9.18 Å². The largest absolute Gasteiger partial charge is 0.323 e. The van der Waals surface area contributed by atoms with Crippen LogP contribution in [-0.2, 0) is 0 Å². The number of nitrogens with zero attached hydrogens (tertiary/aromatic N) is 3. The second kappa shape index (κ2) is 5.87. The SMILES string of the molecule is O=C(Nc1ncccc1F)N1CCC[C@@H]1c1ccncc1. The summed E-state index contributed by atoms with van der Waals surface area (Å²) in [4.78, 5) is 21.9. The van der Waals surface area contributed by atoms with Crippen LogP contribution in [0.4, 0.5) is 15.0 Å². The van der Waals surface area contributed by atoms with Gasteiger partial charge in [0.2, 0.25) is 0 Å². The summed E-state index contributed by atoms with van der Waals surface area (Å²) >= 11 is 0. The van der Waals surface area contributed by atoms with Gasteiger partial charge in [0.15, 0.2) is 11.6 Å². The molecule has 2 amide bonds. The molecule has 21 heavy (non-hydrogen) atoms. The monoisotopic (exact) mass is 286 g/mol. The number of amides is 2. The molecule has 0 spiro atoms. The minimum absolute atomic E-state index is 0.000210. The molecule has 108 valence electrons. The third-order valence-corrected chi connectivity index (χ3v) is 3.59. The van der Waals surface area contributed by atoms with Gasteiger partial charge in [-0.1, -0.05) is 0 Å². The van der Waals surface area contributed by atoms with E-state index in [1.165, 1.54) is 18.3 Å². The van der Waals surface area contributed by atoms with E-state index in [0.29, 0.717) is 6.54 Å². The van der Waals surface area contributed by atoms with E-state index in [1.54, 1.807) is 17.3 Å². The predicted octanol–water partition coefficient (Wildman–Crippen LogP) is 2.98. The van der Waals surface area contributed by atoms with Crippen LogP contribution < -0.4 is 5.32 Å². The van der Waals surface area contributed by atoms with Crippen LogP contribution in [0.15, 0.2) is 42.9 Å². The number of likely N-dealkylation sites (tertiary alicyclic amines) is 1. The summed E-state index contributed by atoms with van der Waals surface area (Å²) in [5, 5.41) is 2.54. The molecule has 0 bridgehead atoms. The summed E-state index contributed by atoms with van der Waals surface area (Å²) in [6, 6.07) is 6.23. The molecule has 0 aromatic carbocycles. The molecule has 2 aromatic heterocycles. The van der Waals surface area contributed by atoms with E-state index >= 15 is 0 Å². The van der Waals surface area contributed by atoms with Crippen LogP contribution in [-0.4, -0.2) is 27.4 Å². The van der Waals surface area contributed by atoms with Crippen LogP contribution in [0.25, 0.3) is 0 Å². The Morgan fingerprint density at radius 3 is 2.86 bits per heavy atom. The molecule has 1 saturated heterocycles. The Bertz CT molecular complexity index is 635. The maximum atomic E-state index is 13.6. The molecule has 3 heterocycles. The van der Waals surface area contributed by atoms with Crippen molar-refractivity contribution >= 4 is 11.8 Å². The summed E-state index contributed by atoms with van der Waals surface area (Å²) in [6.07, 6.45) is 6.68. The summed E-state index contributed by atoms with van der Waals surface area (Å²) < 4.78 is 13.6. The average Bonchev–Trinajstić information content (AvgIpc) is 3.00. The Hall–Kier alpha value is -2.50. The van der Waals surface area contributed by atoms with Gasteiger partial charge in [0.05, 0.1) is 6.04 Å². The van der Waals surface area contributed by atoms with E-state index in [2.05, 4.69) is 15.3 Å². The molecule has 2 aromatic rings. The number of aromatic nitrogens is 2. The number of urea groups is 1. The van der Waals surface area contributed by atoms with E-state index in [4.69, 9.17) is 0 Å². The maximum Gasteiger partial charge on any atom is 0.323 e. The minimum atomic E-state index is -0.537. The lowest BCUT2D eigenvalue weighted by atomic mass is 10.1. The first kappa shape index (κ1) is 13.5. The lowest BCUT2D eigenvalue weighted by Gasteiger charge is -2.25. The number of carbonyl (C=O) groups excluding carboxylic acids is 1. The standard InChI is InChI=1S/C15H15FN4O/c16-12-3-1-7-18-14(12)19-15(21)20-10-2-4-13(20)11-5-8-17-9-6-11/h1,3,5-9,13H,2,4,10H2,(H,18,19,21)/t13-/m1/s1. The van der Waals surface area contributed by atoms with Crippen molar-refractivity contribution in [3.05, 3.63) is 54.2 Å². The van der Waals surface area contributed by atoms with Crippen LogP contribution >= 0.6 is 0 Å². The van der Waals surface area contributed by atoms with Crippen LogP contribution in [0.2, 0.25) is 0 Å². The van der Waals surface area contributed by atoms with Gasteiger partial charge in [-0.05, 0) is 42.7 Å². The molecule has 6 heteroatoms. The Kier molecular flexibility index (Phi) is 3.77. The lowest BCUT2D eigenvalue weighted by molar-refractivity contribution is 0.207. The number of hydrogen-bond acceptors (Lipinski definition) is 3. The summed E-state index contributed by atoms with van der Waals surface area (Å²) in [5.74, 6) is -0.576. The van der Waals surface area contributed by atoms with E-state index < -0.39 is 5.82 Å². The maximum absolute atomic E-state index is 13.6. The fraction of sp³-hybridized carbons (Fsp3) is 0.267. The fourth-order valence-corrected chi connectivity index (χ4v) is 2.59. The van der Waals surface area contributed by atoms with Crippen LogP contribution in [0.1, 0.15) is 24.4 Å². The molecular weight excluding hydrogens is 271 g/mol. The third kappa shape index (κ3) is 2.84. The number of rotatable bonds is 2. The second-order valence-electron chi connectivity index (χ2n) is 4.90. The highest BCUT2D eigenvalue weighted by Gasteiger charge is 2.30. The first-order chi connectivity index (χ1) is 10.3. The normalized spacial score (nSPS) is 17.8. The van der Waals surface area contributed by atoms with Gasteiger partial charge >= 0.3 is 6.03 Å². The zero-order valence-corrected chi connectivity index (χ0v) is 11.4. The Morgan fingerprint density at radius 1 is 1.29 bits per heavy atom. The molecule has 1 aliphatic rings. The Balaban J connectivity index is 1.76. The van der Waals surface area contributed by atoms with Gasteiger partial charge in [0, 0.05) is 25.1 Å². The van der Waals surface area contributed by atoms with Crippen molar-refractivity contribution in [3.8, 4) is 0 Å². The quantitative estimate of drug-likeness (QED) is 0.923. The van der Waals surface area contributed by atoms with Gasteiger partial charge in [-0.3, -0.25) is 10.3 Å². The molecule has 1 N–H and O–H groups in total. The number of anilines is 1. The predicted molar refractivity (Wildman–Crippen MR) is 76.1 cm³/mol. The van der Waals surface area contributed by atoms with Gasteiger partial charge in [0.1, 0.15) is 0 Å². The number of nitrogens with one attached hydrogen (secondary N) is 1. The molecule has 3 rings (SSSR count). The van der Waals surface area contributed by atoms with Gasteiger partial charge in [0.25, 0.3) is 0 Å². The van der Waals surface area contributed by atoms with Crippen molar-refractivity contribution < 1.29 is 9.18 Å². The van der Waals surface area contributed by atoms with Crippen molar-refractivity contribution in [1.82, 2.24) is 14.9 Å². The highest BCUT2D eigenvalue weighted by molar-refractivity contribution is 5.88. The van der Waals surface area contributed by atoms with Gasteiger partial charge in [-0.25, -0.2) is 14.2 Å². The molecule has 0 unspecified atom stereocenters. The smallest absolute Gasteiger partial charge is 0.317 e. The molecule has 5 nitrogen and oxygen atoms in total. The Morgan fingerprint density at radius 2 is 2.10 bits per heavy atom. The van der Waals surface area contributed by atoms with Gasteiger partial charge < -0.3 is 4.90 Å². The topological polar surface area (TPSA) is 58.1 Å². The van der Waals surface area contributed by atoms with E-state index in [0.717, 1.165) is 18.4 Å². The minimum Gasteiger partial charge on any atom is -0.317 e. The van der Waals surface area contributed by atoms with Crippen molar-refractivity contribution in [2.75, 3.05) is 11.9 Å². The van der Waals surface area contributed by atoms with Gasteiger partial charge in [-0.2, -0.15) is 0 Å². The van der Waals surface area contributed by atoms with E-state index in [-0.39, 0.29) is 17.9 Å². The lowest BCUT2D eigenvalue weighted by Crippen LogP contribution is -2.34. The number of halogens is 1. The van der Waals surface area contributed by atoms with Crippen LogP contribution in [0.3, 0.4) is 0 Å². The molecule has 0 saturated carbocycles. The van der Waals surface area contributed by atoms with Crippen LogP contribution in [0.5, 0.6) is 0 Å². The Labute approximate surface area is 121 Å². The number of hydrogen-bond donors (Lipinski definition) is 1. The first-order valence-corrected chi connectivity index (χ1v) is 6.84. The van der Waals surface area contributed by atoms with E-state index in [1.807, 2.05) is 12.1 Å². The van der Waals surface area contributed by atoms with Crippen molar-refractivity contribution in [1.29, 1.82) is 0 Å². The summed E-state index contributed by atoms with van der Waals surface area (Å²) in [7, 11) is 0. The molecular formula is C15H15FN4O. The zero-order valence-electron chi connectivity index (χ0n) is 11.4. The third-order valence-electron chi connectivity index (χ3n) is 3.59. The van der Waals surface area contributed by atoms with Crippen molar-refractivity contribution in [2.24, 2.45) is 0 Å².